The number of benzene rings is 1. The number of likely N-dealkylation sites (tertiary alicyclic amines) is 1. The second kappa shape index (κ2) is 12.7. The Hall–Kier alpha value is -0.940. The Morgan fingerprint density at radius 1 is 1.28 bits per heavy atom. The summed E-state index contributed by atoms with van der Waals surface area (Å²) in [6.45, 7) is 9.30. The first-order valence-corrected chi connectivity index (χ1v) is 12.1. The number of piperidine rings is 1. The summed E-state index contributed by atoms with van der Waals surface area (Å²) in [5.74, 6) is 0.747. The Morgan fingerprint density at radius 3 is 2.69 bits per heavy atom. The molecule has 1 saturated heterocycles. The minimum atomic E-state index is -3.20. The first-order chi connectivity index (χ1) is 13.3. The van der Waals surface area contributed by atoms with Gasteiger partial charge in [-0.2, -0.15) is 0 Å². The molecule has 0 aliphatic carbocycles. The Morgan fingerprint density at radius 2 is 2.03 bits per heavy atom. The second-order valence-electron chi connectivity index (χ2n) is 7.46. The summed E-state index contributed by atoms with van der Waals surface area (Å²) in [5.41, 5.74) is 1.19. The molecule has 1 aromatic carbocycles. The van der Waals surface area contributed by atoms with Gasteiger partial charge in [0.25, 0.3) is 0 Å². The predicted molar refractivity (Wildman–Crippen MR) is 128 cm³/mol. The van der Waals surface area contributed by atoms with Crippen LogP contribution in [0.5, 0.6) is 0 Å². The van der Waals surface area contributed by atoms with Gasteiger partial charge in [-0.25, -0.2) is 17.8 Å². The maximum atomic E-state index is 13.7. The van der Waals surface area contributed by atoms with Crippen molar-refractivity contribution in [1.29, 1.82) is 0 Å². The molecule has 6 nitrogen and oxygen atoms in total. The molecule has 0 amide bonds. The number of hydrogen-bond acceptors (Lipinski definition) is 4. The van der Waals surface area contributed by atoms with Gasteiger partial charge < -0.3 is 15.5 Å². The van der Waals surface area contributed by atoms with E-state index in [0.717, 1.165) is 26.2 Å². The van der Waals surface area contributed by atoms with Crippen molar-refractivity contribution in [2.75, 3.05) is 39.0 Å². The van der Waals surface area contributed by atoms with Crippen LogP contribution in [0.15, 0.2) is 23.2 Å². The minimum absolute atomic E-state index is 0. The molecule has 0 spiro atoms. The summed E-state index contributed by atoms with van der Waals surface area (Å²) in [7, 11) is -3.20. The third kappa shape index (κ3) is 9.61. The summed E-state index contributed by atoms with van der Waals surface area (Å²) in [5, 5.41) is 6.60. The van der Waals surface area contributed by atoms with E-state index in [1.54, 1.807) is 0 Å². The van der Waals surface area contributed by atoms with Crippen molar-refractivity contribution in [3.05, 3.63) is 35.1 Å². The molecule has 1 atom stereocenters. The second-order valence-corrected chi connectivity index (χ2v) is 9.60. The summed E-state index contributed by atoms with van der Waals surface area (Å²) in [4.78, 5) is 7.02. The average Bonchev–Trinajstić information content (AvgIpc) is 2.65. The van der Waals surface area contributed by atoms with E-state index in [4.69, 9.17) is 0 Å². The van der Waals surface area contributed by atoms with Crippen molar-refractivity contribution in [3.63, 3.8) is 0 Å². The molecule has 1 aromatic rings. The van der Waals surface area contributed by atoms with Crippen LogP contribution in [0.3, 0.4) is 0 Å². The van der Waals surface area contributed by atoms with Gasteiger partial charge in [-0.15, -0.1) is 24.0 Å². The first-order valence-electron chi connectivity index (χ1n) is 10.00. The molecule has 29 heavy (non-hydrogen) atoms. The van der Waals surface area contributed by atoms with E-state index in [1.807, 2.05) is 6.92 Å². The smallest absolute Gasteiger partial charge is 0.191 e. The number of nitrogens with zero attached hydrogens (tertiary/aromatic N) is 2. The molecular weight excluding hydrogens is 506 g/mol. The largest absolute Gasteiger partial charge is 0.357 e. The normalized spacial score (nSPS) is 18.2. The molecule has 1 aliphatic heterocycles. The molecule has 1 unspecified atom stereocenters. The third-order valence-corrected chi connectivity index (χ3v) is 5.78. The quantitative estimate of drug-likeness (QED) is 0.302. The van der Waals surface area contributed by atoms with E-state index >= 15 is 0 Å². The van der Waals surface area contributed by atoms with E-state index < -0.39 is 9.84 Å². The van der Waals surface area contributed by atoms with Gasteiger partial charge in [-0.05, 0) is 62.0 Å². The third-order valence-electron chi connectivity index (χ3n) is 4.95. The highest BCUT2D eigenvalue weighted by Crippen LogP contribution is 2.16. The molecular formula is C20H34FIN4O2S. The lowest BCUT2D eigenvalue weighted by Crippen LogP contribution is -2.44. The Balaban J connectivity index is 0.00000420. The number of hydrogen-bond donors (Lipinski definition) is 2. The number of halogens is 2. The summed E-state index contributed by atoms with van der Waals surface area (Å²) in [6.07, 6.45) is 3.59. The predicted octanol–water partition coefficient (Wildman–Crippen LogP) is 2.78. The van der Waals surface area contributed by atoms with Crippen molar-refractivity contribution < 1.29 is 12.8 Å². The van der Waals surface area contributed by atoms with Crippen LogP contribution in [0.1, 0.15) is 37.8 Å². The molecule has 166 valence electrons. The number of sulfone groups is 1. The van der Waals surface area contributed by atoms with Gasteiger partial charge in [0, 0.05) is 25.9 Å². The lowest BCUT2D eigenvalue weighted by atomic mass is 9.98. The maximum absolute atomic E-state index is 13.7. The van der Waals surface area contributed by atoms with E-state index in [9.17, 15) is 12.8 Å². The average molecular weight is 540 g/mol. The SMILES string of the molecule is CCNC(=NCc1cc(F)ccc1CS(C)(=O)=O)NCC1CCCN(CC)C1.I. The molecule has 0 radical (unpaired) electrons. The number of aliphatic imine (C=N–C) groups is 1. The van der Waals surface area contributed by atoms with Gasteiger partial charge in [-0.1, -0.05) is 13.0 Å². The molecule has 0 aromatic heterocycles. The lowest BCUT2D eigenvalue weighted by molar-refractivity contribution is 0.183. The van der Waals surface area contributed by atoms with Gasteiger partial charge in [0.15, 0.2) is 15.8 Å². The molecule has 1 heterocycles. The Labute approximate surface area is 191 Å². The lowest BCUT2D eigenvalue weighted by Gasteiger charge is -2.32. The summed E-state index contributed by atoms with van der Waals surface area (Å²) in [6, 6.07) is 4.19. The van der Waals surface area contributed by atoms with E-state index in [0.29, 0.717) is 23.0 Å². The first kappa shape index (κ1) is 26.1. The van der Waals surface area contributed by atoms with Crippen LogP contribution in [-0.4, -0.2) is 58.3 Å². The van der Waals surface area contributed by atoms with E-state index in [-0.39, 0.29) is 42.1 Å². The van der Waals surface area contributed by atoms with Crippen molar-refractivity contribution in [1.82, 2.24) is 15.5 Å². The minimum Gasteiger partial charge on any atom is -0.357 e. The number of nitrogens with one attached hydrogen (secondary N) is 2. The van der Waals surface area contributed by atoms with Crippen molar-refractivity contribution in [2.45, 2.75) is 39.0 Å². The molecule has 9 heteroatoms. The van der Waals surface area contributed by atoms with Crippen LogP contribution in [0.2, 0.25) is 0 Å². The van der Waals surface area contributed by atoms with Crippen molar-refractivity contribution in [2.24, 2.45) is 10.9 Å². The van der Waals surface area contributed by atoms with Crippen LogP contribution in [0.4, 0.5) is 4.39 Å². The van der Waals surface area contributed by atoms with Gasteiger partial charge in [0.1, 0.15) is 5.82 Å². The highest BCUT2D eigenvalue weighted by atomic mass is 127. The number of guanidine groups is 1. The molecule has 2 N–H and O–H groups in total. The summed E-state index contributed by atoms with van der Waals surface area (Å²) >= 11 is 0. The monoisotopic (exact) mass is 540 g/mol. The van der Waals surface area contributed by atoms with Crippen LogP contribution < -0.4 is 10.6 Å². The topological polar surface area (TPSA) is 73.8 Å². The maximum Gasteiger partial charge on any atom is 0.191 e. The van der Waals surface area contributed by atoms with Gasteiger partial charge in [-0.3, -0.25) is 0 Å². The van der Waals surface area contributed by atoms with Crippen LogP contribution in [0.25, 0.3) is 0 Å². The van der Waals surface area contributed by atoms with E-state index in [1.165, 1.54) is 43.8 Å². The fourth-order valence-electron chi connectivity index (χ4n) is 3.52. The molecule has 1 aliphatic rings. The molecule has 0 saturated carbocycles. The van der Waals surface area contributed by atoms with Crippen LogP contribution in [-0.2, 0) is 22.1 Å². The fraction of sp³-hybridized carbons (Fsp3) is 0.650. The van der Waals surface area contributed by atoms with E-state index in [2.05, 4.69) is 27.4 Å². The van der Waals surface area contributed by atoms with Crippen molar-refractivity contribution in [3.8, 4) is 0 Å². The van der Waals surface area contributed by atoms with Crippen molar-refractivity contribution >= 4 is 39.8 Å². The standard InChI is InChI=1S/C20H33FN4O2S.HI/c1-4-22-20(23-12-16-7-6-10-25(5-2)14-16)24-13-18-11-19(21)9-8-17(18)15-28(3,26)27;/h8-9,11,16H,4-7,10,12-15H2,1-3H3,(H2,22,23,24);1H. The zero-order valence-corrected chi connectivity index (χ0v) is 20.7. The van der Waals surface area contributed by atoms with Crippen LogP contribution in [0, 0.1) is 11.7 Å². The number of rotatable bonds is 8. The Bertz CT molecular complexity index is 774. The molecule has 0 bridgehead atoms. The zero-order chi connectivity index (χ0) is 20.6. The molecule has 1 fully saturated rings. The highest BCUT2D eigenvalue weighted by Gasteiger charge is 2.18. The Kier molecular flexibility index (Phi) is 11.4. The summed E-state index contributed by atoms with van der Waals surface area (Å²) < 4.78 is 37.0. The molecule has 2 rings (SSSR count). The highest BCUT2D eigenvalue weighted by molar-refractivity contribution is 14.0. The van der Waals surface area contributed by atoms with Crippen LogP contribution >= 0.6 is 24.0 Å². The van der Waals surface area contributed by atoms with Gasteiger partial charge in [0.2, 0.25) is 0 Å². The fourth-order valence-corrected chi connectivity index (χ4v) is 4.36. The zero-order valence-electron chi connectivity index (χ0n) is 17.6. The van der Waals surface area contributed by atoms with Gasteiger partial charge >= 0.3 is 0 Å². The van der Waals surface area contributed by atoms with Gasteiger partial charge in [0.05, 0.1) is 12.3 Å².